The fraction of sp³-hybridized carbons (Fsp3) is 0. The summed E-state index contributed by atoms with van der Waals surface area (Å²) in [4.78, 5) is 12.7. The summed E-state index contributed by atoms with van der Waals surface area (Å²) < 4.78 is 0. The van der Waals surface area contributed by atoms with Gasteiger partial charge in [0.2, 0.25) is 0 Å². The molecule has 2 nitrogen and oxygen atoms in total. The fourth-order valence-electron chi connectivity index (χ4n) is 0.591. The molecule has 0 saturated carbocycles. The largest absolute Gasteiger partial charge is 0.367 e. The van der Waals surface area contributed by atoms with Crippen LogP contribution in [0.3, 0.4) is 0 Å². The lowest BCUT2D eigenvalue weighted by Gasteiger charge is -1.74. The van der Waals surface area contributed by atoms with Crippen molar-refractivity contribution in [3.63, 3.8) is 0 Å². The van der Waals surface area contributed by atoms with Gasteiger partial charge in [-0.15, -0.1) is 0 Å². The number of nitrogens with one attached hydrogen (secondary N) is 1. The number of rotatable bonds is 2. The van der Waals surface area contributed by atoms with Crippen LogP contribution in [-0.2, 0) is 4.79 Å². The number of carbonyl (C=O) groups is 1. The van der Waals surface area contributed by atoms with Crippen LogP contribution in [0.5, 0.6) is 0 Å². The highest BCUT2D eigenvalue weighted by molar-refractivity contribution is 5.73. The summed E-state index contributed by atoms with van der Waals surface area (Å²) in [5, 5.41) is 0. The fourth-order valence-corrected chi connectivity index (χ4v) is 0.591. The number of H-pyrrole nitrogens is 1. The molecule has 0 amide bonds. The molecule has 0 unspecified atom stereocenters. The van der Waals surface area contributed by atoms with Gasteiger partial charge in [0.05, 0.1) is 0 Å². The van der Waals surface area contributed by atoms with E-state index in [-0.39, 0.29) is 0 Å². The zero-order chi connectivity index (χ0) is 6.53. The number of aldehydes is 1. The third-order valence-corrected chi connectivity index (χ3v) is 0.989. The van der Waals surface area contributed by atoms with Gasteiger partial charge in [-0.2, -0.15) is 0 Å². The Morgan fingerprint density at radius 2 is 2.44 bits per heavy atom. The highest BCUT2D eigenvalue weighted by Gasteiger charge is 1.80. The molecule has 0 spiro atoms. The third kappa shape index (κ3) is 1.57. The average molecular weight is 121 g/mol. The van der Waals surface area contributed by atoms with E-state index in [9.17, 15) is 4.79 Å². The van der Waals surface area contributed by atoms with Crippen LogP contribution in [0.4, 0.5) is 0 Å². The first-order valence-electron chi connectivity index (χ1n) is 2.68. The van der Waals surface area contributed by atoms with E-state index in [1.807, 2.05) is 18.5 Å². The zero-order valence-corrected chi connectivity index (χ0v) is 4.87. The maximum atomic E-state index is 9.80. The third-order valence-electron chi connectivity index (χ3n) is 0.989. The van der Waals surface area contributed by atoms with Crippen molar-refractivity contribution in [1.29, 1.82) is 0 Å². The second-order valence-electron chi connectivity index (χ2n) is 1.64. The van der Waals surface area contributed by atoms with E-state index in [1.165, 1.54) is 6.08 Å². The van der Waals surface area contributed by atoms with Crippen LogP contribution in [0.2, 0.25) is 0 Å². The summed E-state index contributed by atoms with van der Waals surface area (Å²) in [6, 6.07) is 1.89. The van der Waals surface area contributed by atoms with Crippen LogP contribution in [0.1, 0.15) is 5.56 Å². The Hall–Kier alpha value is -1.31. The first kappa shape index (κ1) is 5.82. The van der Waals surface area contributed by atoms with Gasteiger partial charge in [0.15, 0.2) is 0 Å². The van der Waals surface area contributed by atoms with E-state index >= 15 is 0 Å². The molecule has 9 heavy (non-hydrogen) atoms. The quantitative estimate of drug-likeness (QED) is 0.463. The molecule has 0 aliphatic heterocycles. The van der Waals surface area contributed by atoms with Gasteiger partial charge in [-0.3, -0.25) is 4.79 Å². The molecule has 46 valence electrons. The minimum atomic E-state index is 0.757. The summed E-state index contributed by atoms with van der Waals surface area (Å²) in [5.41, 5.74) is 1.02. The van der Waals surface area contributed by atoms with Crippen LogP contribution in [0, 0.1) is 0 Å². The van der Waals surface area contributed by atoms with E-state index < -0.39 is 0 Å². The van der Waals surface area contributed by atoms with Crippen LogP contribution >= 0.6 is 0 Å². The van der Waals surface area contributed by atoms with Crippen molar-refractivity contribution < 1.29 is 4.79 Å². The Labute approximate surface area is 53.2 Å². The molecule has 2 heteroatoms. The number of aromatic nitrogens is 1. The van der Waals surface area contributed by atoms with E-state index in [0.29, 0.717) is 0 Å². The van der Waals surface area contributed by atoms with Gasteiger partial charge >= 0.3 is 0 Å². The van der Waals surface area contributed by atoms with Crippen LogP contribution in [0.25, 0.3) is 6.08 Å². The Morgan fingerprint density at radius 1 is 1.56 bits per heavy atom. The lowest BCUT2D eigenvalue weighted by molar-refractivity contribution is -0.104. The van der Waals surface area contributed by atoms with Crippen molar-refractivity contribution in [3.05, 3.63) is 30.1 Å². The number of hydrogen-bond acceptors (Lipinski definition) is 1. The Balaban J connectivity index is 2.67. The van der Waals surface area contributed by atoms with Crippen LogP contribution in [-0.4, -0.2) is 11.3 Å². The predicted molar refractivity (Wildman–Crippen MR) is 35.9 cm³/mol. The summed E-state index contributed by atoms with van der Waals surface area (Å²) in [6.07, 6.45) is 7.59. The molecule has 0 aliphatic rings. The monoisotopic (exact) mass is 121 g/mol. The smallest absolute Gasteiger partial charge is 0.142 e. The first-order valence-corrected chi connectivity index (χ1v) is 2.68. The predicted octanol–water partition coefficient (Wildman–Crippen LogP) is 1.23. The van der Waals surface area contributed by atoms with E-state index in [2.05, 4.69) is 4.98 Å². The maximum Gasteiger partial charge on any atom is 0.142 e. The second-order valence-corrected chi connectivity index (χ2v) is 1.64. The lowest BCUT2D eigenvalue weighted by Crippen LogP contribution is -1.61. The minimum Gasteiger partial charge on any atom is -0.367 e. The Bertz CT molecular complexity index is 199. The van der Waals surface area contributed by atoms with Crippen LogP contribution < -0.4 is 0 Å². The molecule has 1 N–H and O–H groups in total. The molecular weight excluding hydrogens is 114 g/mol. The molecule has 0 aromatic carbocycles. The molecule has 1 rings (SSSR count). The summed E-state index contributed by atoms with van der Waals surface area (Å²) >= 11 is 0. The second kappa shape index (κ2) is 2.87. The average Bonchev–Trinajstić information content (AvgIpc) is 2.34. The standard InChI is InChI=1S/C7H7NO/c9-5-1-2-7-3-4-8-6-7/h1-6,8H. The van der Waals surface area contributed by atoms with Crippen LogP contribution in [0.15, 0.2) is 24.5 Å². The molecule has 0 aliphatic carbocycles. The van der Waals surface area contributed by atoms with E-state index in [1.54, 1.807) is 6.08 Å². The van der Waals surface area contributed by atoms with Gasteiger partial charge in [-0.25, -0.2) is 0 Å². The van der Waals surface area contributed by atoms with Crippen molar-refractivity contribution in [1.82, 2.24) is 4.98 Å². The van der Waals surface area contributed by atoms with E-state index in [4.69, 9.17) is 0 Å². The SMILES string of the molecule is O=CC=Cc1cc[nH]c1. The summed E-state index contributed by atoms with van der Waals surface area (Å²) in [6.45, 7) is 0. The number of hydrogen-bond donors (Lipinski definition) is 1. The summed E-state index contributed by atoms with van der Waals surface area (Å²) in [7, 11) is 0. The molecule has 1 aromatic heterocycles. The Morgan fingerprint density at radius 3 is 3.00 bits per heavy atom. The van der Waals surface area contributed by atoms with Gasteiger partial charge in [0.25, 0.3) is 0 Å². The minimum absolute atomic E-state index is 0.757. The molecular formula is C7H7NO. The first-order chi connectivity index (χ1) is 4.43. The molecule has 0 fully saturated rings. The maximum absolute atomic E-state index is 9.80. The Kier molecular flexibility index (Phi) is 1.85. The number of carbonyl (C=O) groups excluding carboxylic acids is 1. The molecule has 1 heterocycles. The van der Waals surface area contributed by atoms with Crippen molar-refractivity contribution in [2.45, 2.75) is 0 Å². The van der Waals surface area contributed by atoms with Crippen molar-refractivity contribution in [2.24, 2.45) is 0 Å². The molecule has 1 aromatic rings. The molecule has 0 radical (unpaired) electrons. The topological polar surface area (TPSA) is 32.9 Å². The van der Waals surface area contributed by atoms with Crippen molar-refractivity contribution >= 4 is 12.4 Å². The van der Waals surface area contributed by atoms with Gasteiger partial charge in [-0.05, 0) is 17.7 Å². The number of allylic oxidation sites excluding steroid dienone is 1. The lowest BCUT2D eigenvalue weighted by atomic mass is 10.3. The summed E-state index contributed by atoms with van der Waals surface area (Å²) in [5.74, 6) is 0. The van der Waals surface area contributed by atoms with Gasteiger partial charge in [-0.1, -0.05) is 6.08 Å². The van der Waals surface area contributed by atoms with Gasteiger partial charge < -0.3 is 4.98 Å². The molecule has 0 saturated heterocycles. The van der Waals surface area contributed by atoms with Gasteiger partial charge in [0.1, 0.15) is 6.29 Å². The normalized spacial score (nSPS) is 10.2. The molecule has 0 bridgehead atoms. The highest BCUT2D eigenvalue weighted by Crippen LogP contribution is 1.97. The van der Waals surface area contributed by atoms with Crippen molar-refractivity contribution in [2.75, 3.05) is 0 Å². The number of aromatic amines is 1. The van der Waals surface area contributed by atoms with Crippen molar-refractivity contribution in [3.8, 4) is 0 Å². The zero-order valence-electron chi connectivity index (χ0n) is 4.87. The highest BCUT2D eigenvalue weighted by atomic mass is 16.1. The van der Waals surface area contributed by atoms with Gasteiger partial charge in [0, 0.05) is 12.4 Å². The van der Waals surface area contributed by atoms with E-state index in [0.717, 1.165) is 11.8 Å². The molecule has 0 atom stereocenters.